The molecule has 20 heavy (non-hydrogen) atoms. The fraction of sp³-hybridized carbons (Fsp3) is 0.214. The van der Waals surface area contributed by atoms with E-state index < -0.39 is 10.1 Å². The summed E-state index contributed by atoms with van der Waals surface area (Å²) in [6.07, 6.45) is 3.97. The van der Waals surface area contributed by atoms with Crippen molar-refractivity contribution in [2.75, 3.05) is 0 Å². The summed E-state index contributed by atoms with van der Waals surface area (Å²) >= 11 is 0. The highest BCUT2D eigenvalue weighted by atomic mass is 32.2. The number of hydrogen-bond donors (Lipinski definition) is 0. The standard InChI is InChI=1S/C14H13NO4S/c16-20(17,11-5-2-1-3-6-11)19-15-13-7-4-8-14-12(13)9-10-18-14/h1-3,5-6,9-10H,4,7-8H2. The monoisotopic (exact) mass is 291 g/mol. The second-order valence-electron chi connectivity index (χ2n) is 4.49. The lowest BCUT2D eigenvalue weighted by molar-refractivity contribution is 0.337. The smallest absolute Gasteiger partial charge is 0.358 e. The molecule has 1 aliphatic carbocycles. The van der Waals surface area contributed by atoms with Gasteiger partial charge in [-0.1, -0.05) is 23.4 Å². The molecule has 0 saturated carbocycles. The first-order valence-corrected chi connectivity index (χ1v) is 7.70. The van der Waals surface area contributed by atoms with Crippen molar-refractivity contribution in [2.24, 2.45) is 5.16 Å². The Morgan fingerprint density at radius 2 is 1.90 bits per heavy atom. The van der Waals surface area contributed by atoms with Crippen LogP contribution in [0.1, 0.15) is 24.2 Å². The lowest BCUT2D eigenvalue weighted by Crippen LogP contribution is -2.12. The van der Waals surface area contributed by atoms with Crippen LogP contribution in [0.5, 0.6) is 0 Å². The van der Waals surface area contributed by atoms with Crippen LogP contribution in [0.3, 0.4) is 0 Å². The van der Waals surface area contributed by atoms with Crippen LogP contribution in [0.4, 0.5) is 0 Å². The van der Waals surface area contributed by atoms with E-state index in [4.69, 9.17) is 8.70 Å². The highest BCUT2D eigenvalue weighted by molar-refractivity contribution is 7.86. The minimum Gasteiger partial charge on any atom is -0.469 e. The molecule has 6 heteroatoms. The molecule has 0 saturated heterocycles. The van der Waals surface area contributed by atoms with Gasteiger partial charge in [-0.25, -0.2) is 0 Å². The molecule has 0 radical (unpaired) electrons. The van der Waals surface area contributed by atoms with E-state index in [0.29, 0.717) is 12.1 Å². The summed E-state index contributed by atoms with van der Waals surface area (Å²) in [4.78, 5) is 0.0903. The van der Waals surface area contributed by atoms with Crippen LogP contribution in [-0.4, -0.2) is 14.1 Å². The summed E-state index contributed by atoms with van der Waals surface area (Å²) in [5.74, 6) is 0.829. The number of benzene rings is 1. The maximum absolute atomic E-state index is 12.0. The maximum Gasteiger partial charge on any atom is 0.358 e. The van der Waals surface area contributed by atoms with Crippen molar-refractivity contribution in [3.05, 3.63) is 54.0 Å². The van der Waals surface area contributed by atoms with Crippen molar-refractivity contribution < 1.29 is 17.1 Å². The first-order chi connectivity index (χ1) is 9.67. The molecule has 5 nitrogen and oxygen atoms in total. The van der Waals surface area contributed by atoms with Crippen LogP contribution in [0.15, 0.2) is 57.1 Å². The number of hydrogen-bond acceptors (Lipinski definition) is 5. The van der Waals surface area contributed by atoms with Crippen molar-refractivity contribution in [1.29, 1.82) is 0 Å². The molecule has 0 amide bonds. The average molecular weight is 291 g/mol. The predicted molar refractivity (Wildman–Crippen MR) is 72.9 cm³/mol. The van der Waals surface area contributed by atoms with Gasteiger partial charge in [-0.3, -0.25) is 4.28 Å². The summed E-state index contributed by atoms with van der Waals surface area (Å²) in [6.45, 7) is 0. The van der Waals surface area contributed by atoms with Crippen LogP contribution >= 0.6 is 0 Å². The van der Waals surface area contributed by atoms with Gasteiger partial charge in [-0.15, -0.1) is 0 Å². The van der Waals surface area contributed by atoms with Crippen molar-refractivity contribution in [3.8, 4) is 0 Å². The van der Waals surface area contributed by atoms with E-state index in [2.05, 4.69) is 5.16 Å². The third-order valence-electron chi connectivity index (χ3n) is 3.15. The largest absolute Gasteiger partial charge is 0.469 e. The Balaban J connectivity index is 1.86. The summed E-state index contributed by atoms with van der Waals surface area (Å²) < 4.78 is 34.1. The molecule has 0 unspecified atom stereocenters. The molecule has 0 spiro atoms. The van der Waals surface area contributed by atoms with Gasteiger partial charge in [0, 0.05) is 12.0 Å². The van der Waals surface area contributed by atoms with Crippen molar-refractivity contribution in [2.45, 2.75) is 24.2 Å². The molecule has 104 valence electrons. The van der Waals surface area contributed by atoms with E-state index in [-0.39, 0.29) is 4.90 Å². The Morgan fingerprint density at radius 3 is 2.70 bits per heavy atom. The maximum atomic E-state index is 12.0. The van der Waals surface area contributed by atoms with Gasteiger partial charge in [-0.05, 0) is 31.0 Å². The zero-order chi connectivity index (χ0) is 14.0. The third-order valence-corrected chi connectivity index (χ3v) is 4.27. The van der Waals surface area contributed by atoms with Gasteiger partial charge in [0.1, 0.15) is 10.7 Å². The molecule has 3 rings (SSSR count). The molecule has 2 aromatic rings. The predicted octanol–water partition coefficient (Wildman–Crippen LogP) is 2.73. The first kappa shape index (κ1) is 12.9. The van der Waals surface area contributed by atoms with Gasteiger partial charge < -0.3 is 4.42 Å². The van der Waals surface area contributed by atoms with Gasteiger partial charge in [0.15, 0.2) is 0 Å². The number of rotatable bonds is 3. The van der Waals surface area contributed by atoms with Gasteiger partial charge >= 0.3 is 10.1 Å². The Bertz CT molecular complexity index is 732. The minimum absolute atomic E-state index is 0.0903. The molecule has 0 N–H and O–H groups in total. The van der Waals surface area contributed by atoms with Crippen LogP contribution in [0.25, 0.3) is 0 Å². The van der Waals surface area contributed by atoms with Crippen molar-refractivity contribution in [3.63, 3.8) is 0 Å². The Hall–Kier alpha value is -2.08. The SMILES string of the molecule is O=S(=O)(ON=C1CCCc2occc21)c1ccccc1. The van der Waals surface area contributed by atoms with Crippen LogP contribution in [-0.2, 0) is 20.8 Å². The fourth-order valence-corrected chi connectivity index (χ4v) is 2.93. The normalized spacial score (nSPS) is 16.9. The zero-order valence-corrected chi connectivity index (χ0v) is 11.5. The molecule has 1 heterocycles. The van der Waals surface area contributed by atoms with Gasteiger partial charge in [0.05, 0.1) is 12.0 Å². The van der Waals surface area contributed by atoms with E-state index in [1.54, 1.807) is 30.5 Å². The Kier molecular flexibility index (Phi) is 3.31. The van der Waals surface area contributed by atoms with Crippen LogP contribution < -0.4 is 0 Å². The average Bonchev–Trinajstić information content (AvgIpc) is 2.95. The summed E-state index contributed by atoms with van der Waals surface area (Å²) in [6, 6.07) is 9.74. The quantitative estimate of drug-likeness (QED) is 0.815. The highest BCUT2D eigenvalue weighted by Gasteiger charge is 2.21. The molecule has 1 aliphatic rings. The van der Waals surface area contributed by atoms with Crippen LogP contribution in [0.2, 0.25) is 0 Å². The molecule has 0 bridgehead atoms. The molecule has 0 atom stereocenters. The summed E-state index contributed by atoms with van der Waals surface area (Å²) in [7, 11) is -3.86. The first-order valence-electron chi connectivity index (χ1n) is 6.29. The lowest BCUT2D eigenvalue weighted by Gasteiger charge is -2.11. The van der Waals surface area contributed by atoms with E-state index in [1.165, 1.54) is 12.1 Å². The van der Waals surface area contributed by atoms with E-state index in [0.717, 1.165) is 24.2 Å². The van der Waals surface area contributed by atoms with E-state index >= 15 is 0 Å². The van der Waals surface area contributed by atoms with Crippen molar-refractivity contribution >= 4 is 15.8 Å². The molecule has 0 fully saturated rings. The van der Waals surface area contributed by atoms with E-state index in [1.807, 2.05) is 0 Å². The van der Waals surface area contributed by atoms with Crippen LogP contribution in [0, 0.1) is 0 Å². The molecule has 1 aromatic heterocycles. The third kappa shape index (κ3) is 2.46. The second kappa shape index (κ2) is 5.13. The number of fused-ring (bicyclic) bond motifs is 1. The fourth-order valence-electron chi connectivity index (χ4n) is 2.16. The number of oxime groups is 1. The van der Waals surface area contributed by atoms with Gasteiger partial charge in [-0.2, -0.15) is 8.42 Å². The summed E-state index contributed by atoms with van der Waals surface area (Å²) in [5.41, 5.74) is 1.44. The minimum atomic E-state index is -3.86. The highest BCUT2D eigenvalue weighted by Crippen LogP contribution is 2.23. The van der Waals surface area contributed by atoms with Crippen molar-refractivity contribution in [1.82, 2.24) is 0 Å². The summed E-state index contributed by atoms with van der Waals surface area (Å²) in [5, 5.41) is 3.81. The topological polar surface area (TPSA) is 68.9 Å². The Labute approximate surface area is 117 Å². The molecule has 1 aromatic carbocycles. The lowest BCUT2D eigenvalue weighted by atomic mass is 9.97. The second-order valence-corrected chi connectivity index (χ2v) is 6.02. The Morgan fingerprint density at radius 1 is 1.10 bits per heavy atom. The molecular formula is C14H13NO4S. The zero-order valence-electron chi connectivity index (χ0n) is 10.7. The number of furan rings is 1. The number of nitrogens with zero attached hydrogens (tertiary/aromatic N) is 1. The van der Waals surface area contributed by atoms with E-state index in [9.17, 15) is 8.42 Å². The molecule has 0 aliphatic heterocycles. The van der Waals surface area contributed by atoms with Gasteiger partial charge in [0.25, 0.3) is 0 Å². The number of aryl methyl sites for hydroxylation is 1. The molecular weight excluding hydrogens is 278 g/mol. The van der Waals surface area contributed by atoms with Gasteiger partial charge in [0.2, 0.25) is 0 Å².